The van der Waals surface area contributed by atoms with Crippen molar-refractivity contribution in [3.05, 3.63) is 69.2 Å². The second-order valence-electron chi connectivity index (χ2n) is 6.67. The third kappa shape index (κ3) is 4.49. The number of carbonyl (C=O) groups is 1. The highest BCUT2D eigenvalue weighted by molar-refractivity contribution is 9.10. The van der Waals surface area contributed by atoms with E-state index in [1.807, 2.05) is 44.2 Å². The number of nitrogens with zero attached hydrogens (tertiary/aromatic N) is 2. The molecule has 28 heavy (non-hydrogen) atoms. The number of pyridine rings is 1. The van der Waals surface area contributed by atoms with E-state index < -0.39 is 0 Å². The molecule has 6 heteroatoms. The molecule has 142 valence electrons. The zero-order chi connectivity index (χ0) is 20.1. The van der Waals surface area contributed by atoms with Crippen LogP contribution in [-0.4, -0.2) is 24.0 Å². The molecule has 3 rings (SSSR count). The Morgan fingerprint density at radius 2 is 1.96 bits per heavy atom. The number of benzene rings is 2. The van der Waals surface area contributed by atoms with Crippen molar-refractivity contribution in [1.82, 2.24) is 10.3 Å². The summed E-state index contributed by atoms with van der Waals surface area (Å²) in [5.74, 6) is 0.471. The predicted octanol–water partition coefficient (Wildman–Crippen LogP) is 4.72. The van der Waals surface area contributed by atoms with E-state index >= 15 is 0 Å². The first-order chi connectivity index (χ1) is 13.5. The molecule has 0 bridgehead atoms. The predicted molar refractivity (Wildman–Crippen MR) is 116 cm³/mol. The number of amides is 1. The number of anilines is 1. The first-order valence-corrected chi connectivity index (χ1v) is 9.87. The van der Waals surface area contributed by atoms with Crippen LogP contribution in [0.2, 0.25) is 0 Å². The van der Waals surface area contributed by atoms with Gasteiger partial charge in [0.05, 0.1) is 16.6 Å². The molecule has 1 amide bonds. The van der Waals surface area contributed by atoms with Crippen LogP contribution in [0.25, 0.3) is 10.9 Å². The zero-order valence-corrected chi connectivity index (χ0v) is 17.4. The third-order valence-electron chi connectivity index (χ3n) is 4.42. The van der Waals surface area contributed by atoms with Crippen LogP contribution in [0.5, 0.6) is 0 Å². The number of hydrogen-bond donors (Lipinski definition) is 2. The van der Waals surface area contributed by atoms with Crippen molar-refractivity contribution in [1.29, 1.82) is 5.26 Å². The fourth-order valence-electron chi connectivity index (χ4n) is 3.11. The Bertz CT molecular complexity index is 1070. The van der Waals surface area contributed by atoms with Crippen LogP contribution < -0.4 is 10.6 Å². The van der Waals surface area contributed by atoms with Crippen LogP contribution in [0, 0.1) is 25.2 Å². The maximum Gasteiger partial charge on any atom is 0.252 e. The SMILES string of the molecule is Cc1cc(C)c2nc(NCCCNC(=O)c3ccccc3Br)c(C#N)cc2c1. The number of halogens is 1. The summed E-state index contributed by atoms with van der Waals surface area (Å²) in [4.78, 5) is 16.8. The van der Waals surface area contributed by atoms with Gasteiger partial charge in [0.2, 0.25) is 0 Å². The smallest absolute Gasteiger partial charge is 0.252 e. The van der Waals surface area contributed by atoms with Gasteiger partial charge in [-0.25, -0.2) is 4.98 Å². The molecule has 5 nitrogen and oxygen atoms in total. The fraction of sp³-hybridized carbons (Fsp3) is 0.227. The number of hydrogen-bond acceptors (Lipinski definition) is 4. The van der Waals surface area contributed by atoms with Gasteiger partial charge in [0.1, 0.15) is 11.9 Å². The molecule has 0 saturated heterocycles. The van der Waals surface area contributed by atoms with Gasteiger partial charge in [0.15, 0.2) is 0 Å². The Morgan fingerprint density at radius 1 is 1.18 bits per heavy atom. The molecule has 0 aliphatic heterocycles. The quantitative estimate of drug-likeness (QED) is 0.548. The lowest BCUT2D eigenvalue weighted by atomic mass is 10.1. The van der Waals surface area contributed by atoms with Crippen molar-refractivity contribution in [2.24, 2.45) is 0 Å². The van der Waals surface area contributed by atoms with Gasteiger partial charge in [-0.3, -0.25) is 4.79 Å². The molecule has 0 saturated carbocycles. The van der Waals surface area contributed by atoms with Crippen LogP contribution in [0.15, 0.2) is 46.9 Å². The Balaban J connectivity index is 1.60. The number of nitriles is 1. The summed E-state index contributed by atoms with van der Waals surface area (Å²) in [6, 6.07) is 15.5. The number of nitrogens with one attached hydrogen (secondary N) is 2. The molecule has 3 aromatic rings. The van der Waals surface area contributed by atoms with Gasteiger partial charge in [-0.2, -0.15) is 5.26 Å². The summed E-state index contributed by atoms with van der Waals surface area (Å²) >= 11 is 3.38. The van der Waals surface area contributed by atoms with E-state index in [2.05, 4.69) is 43.7 Å². The molecule has 2 N–H and O–H groups in total. The molecule has 0 unspecified atom stereocenters. The van der Waals surface area contributed by atoms with E-state index in [9.17, 15) is 10.1 Å². The van der Waals surface area contributed by atoms with E-state index in [1.54, 1.807) is 6.07 Å². The Hall–Kier alpha value is -2.91. The van der Waals surface area contributed by atoms with Crippen LogP contribution >= 0.6 is 15.9 Å². The van der Waals surface area contributed by atoms with Crippen LogP contribution in [0.3, 0.4) is 0 Å². The minimum absolute atomic E-state index is 0.111. The van der Waals surface area contributed by atoms with Gasteiger partial charge in [-0.15, -0.1) is 0 Å². The van der Waals surface area contributed by atoms with Gasteiger partial charge in [-0.05, 0) is 66.0 Å². The molecule has 0 spiro atoms. The van der Waals surface area contributed by atoms with Gasteiger partial charge >= 0.3 is 0 Å². The molecule has 1 aromatic heterocycles. The number of fused-ring (bicyclic) bond motifs is 1. The van der Waals surface area contributed by atoms with Crippen molar-refractivity contribution in [2.75, 3.05) is 18.4 Å². The highest BCUT2D eigenvalue weighted by atomic mass is 79.9. The lowest BCUT2D eigenvalue weighted by molar-refractivity contribution is 0.0953. The largest absolute Gasteiger partial charge is 0.369 e. The zero-order valence-electron chi connectivity index (χ0n) is 15.8. The molecule has 0 radical (unpaired) electrons. The van der Waals surface area contributed by atoms with Crippen molar-refractivity contribution < 1.29 is 4.79 Å². The number of aromatic nitrogens is 1. The lowest BCUT2D eigenvalue weighted by Crippen LogP contribution is -2.26. The number of aryl methyl sites for hydroxylation is 2. The second-order valence-corrected chi connectivity index (χ2v) is 7.52. The first-order valence-electron chi connectivity index (χ1n) is 9.08. The van der Waals surface area contributed by atoms with E-state index in [0.29, 0.717) is 36.5 Å². The van der Waals surface area contributed by atoms with Gasteiger partial charge in [0.25, 0.3) is 5.91 Å². The van der Waals surface area contributed by atoms with Gasteiger partial charge in [-0.1, -0.05) is 23.8 Å². The summed E-state index contributed by atoms with van der Waals surface area (Å²) in [6.45, 7) is 5.19. The number of carbonyl (C=O) groups excluding carboxylic acids is 1. The number of rotatable bonds is 6. The summed E-state index contributed by atoms with van der Waals surface area (Å²) in [5.41, 5.74) is 4.27. The molecule has 0 aliphatic rings. The Labute approximate surface area is 172 Å². The Morgan fingerprint density at radius 3 is 2.71 bits per heavy atom. The lowest BCUT2D eigenvalue weighted by Gasteiger charge is -2.11. The fourth-order valence-corrected chi connectivity index (χ4v) is 3.57. The van der Waals surface area contributed by atoms with Crippen molar-refractivity contribution in [3.63, 3.8) is 0 Å². The maximum atomic E-state index is 12.2. The summed E-state index contributed by atoms with van der Waals surface area (Å²) in [7, 11) is 0. The average molecular weight is 437 g/mol. The van der Waals surface area contributed by atoms with Gasteiger partial charge < -0.3 is 10.6 Å². The van der Waals surface area contributed by atoms with Crippen LogP contribution in [0.4, 0.5) is 5.82 Å². The molecule has 2 aromatic carbocycles. The first kappa shape index (κ1) is 19.8. The van der Waals surface area contributed by atoms with Crippen molar-refractivity contribution in [2.45, 2.75) is 20.3 Å². The standard InChI is InChI=1S/C22H21BrN4O/c1-14-10-15(2)20-16(11-14)12-17(13-24)21(27-20)25-8-5-9-26-22(28)18-6-3-4-7-19(18)23/h3-4,6-7,10-12H,5,8-9H2,1-2H3,(H,25,27)(H,26,28). The van der Waals surface area contributed by atoms with Crippen molar-refractivity contribution >= 4 is 38.6 Å². The Kier molecular flexibility index (Phi) is 6.27. The van der Waals surface area contributed by atoms with E-state index in [0.717, 1.165) is 26.5 Å². The van der Waals surface area contributed by atoms with Crippen LogP contribution in [-0.2, 0) is 0 Å². The molecule has 0 aliphatic carbocycles. The molecule has 0 atom stereocenters. The average Bonchev–Trinajstić information content (AvgIpc) is 2.67. The molecule has 0 fully saturated rings. The third-order valence-corrected chi connectivity index (χ3v) is 5.11. The van der Waals surface area contributed by atoms with E-state index in [1.165, 1.54) is 0 Å². The summed E-state index contributed by atoms with van der Waals surface area (Å²) in [5, 5.41) is 16.6. The minimum atomic E-state index is -0.111. The highest BCUT2D eigenvalue weighted by Gasteiger charge is 2.10. The van der Waals surface area contributed by atoms with Crippen molar-refractivity contribution in [3.8, 4) is 6.07 Å². The monoisotopic (exact) mass is 436 g/mol. The van der Waals surface area contributed by atoms with E-state index in [-0.39, 0.29) is 5.91 Å². The topological polar surface area (TPSA) is 77.8 Å². The minimum Gasteiger partial charge on any atom is -0.369 e. The van der Waals surface area contributed by atoms with Crippen LogP contribution in [0.1, 0.15) is 33.5 Å². The maximum absolute atomic E-state index is 12.2. The second kappa shape index (κ2) is 8.85. The summed E-state index contributed by atoms with van der Waals surface area (Å²) < 4.78 is 0.773. The molecular formula is C22H21BrN4O. The molecule has 1 heterocycles. The van der Waals surface area contributed by atoms with Gasteiger partial charge in [0, 0.05) is 22.9 Å². The van der Waals surface area contributed by atoms with E-state index in [4.69, 9.17) is 0 Å². The molecular weight excluding hydrogens is 416 g/mol. The highest BCUT2D eigenvalue weighted by Crippen LogP contribution is 2.24. The normalized spacial score (nSPS) is 10.5. The summed E-state index contributed by atoms with van der Waals surface area (Å²) in [6.07, 6.45) is 0.716.